The van der Waals surface area contributed by atoms with Crippen LogP contribution in [0.15, 0.2) is 24.3 Å². The Hall–Kier alpha value is -2.48. The number of anilines is 2. The van der Waals surface area contributed by atoms with E-state index < -0.39 is 0 Å². The standard InChI is InChI=1S/C13H16N6O2/c20-13(9-12-15-17-18-16-12)14-10-1-3-11(4-2-10)19-5-7-21-8-6-19/h1-4H,5-9H2,(H,14,20)(H,15,16,17,18). The molecule has 1 aliphatic heterocycles. The van der Waals surface area contributed by atoms with Crippen molar-refractivity contribution in [1.82, 2.24) is 20.6 Å². The molecule has 3 rings (SSSR count). The van der Waals surface area contributed by atoms with Gasteiger partial charge in [-0.25, -0.2) is 0 Å². The van der Waals surface area contributed by atoms with Gasteiger partial charge in [0.1, 0.15) is 0 Å². The van der Waals surface area contributed by atoms with Gasteiger partial charge in [0.2, 0.25) is 5.91 Å². The molecule has 0 radical (unpaired) electrons. The van der Waals surface area contributed by atoms with Crippen LogP contribution in [0.3, 0.4) is 0 Å². The van der Waals surface area contributed by atoms with Gasteiger partial charge in [0.15, 0.2) is 5.82 Å². The summed E-state index contributed by atoms with van der Waals surface area (Å²) >= 11 is 0. The summed E-state index contributed by atoms with van der Waals surface area (Å²) in [4.78, 5) is 14.1. The first kappa shape index (κ1) is 13.5. The average Bonchev–Trinajstić information content (AvgIpc) is 3.02. The summed E-state index contributed by atoms with van der Waals surface area (Å²) in [5.41, 5.74) is 1.88. The van der Waals surface area contributed by atoms with E-state index >= 15 is 0 Å². The van der Waals surface area contributed by atoms with E-state index in [1.807, 2.05) is 24.3 Å². The third kappa shape index (κ3) is 3.54. The minimum Gasteiger partial charge on any atom is -0.378 e. The molecular weight excluding hydrogens is 272 g/mol. The lowest BCUT2D eigenvalue weighted by Gasteiger charge is -2.28. The van der Waals surface area contributed by atoms with Crippen molar-refractivity contribution in [2.45, 2.75) is 6.42 Å². The van der Waals surface area contributed by atoms with E-state index in [9.17, 15) is 4.79 Å². The summed E-state index contributed by atoms with van der Waals surface area (Å²) in [6.45, 7) is 3.29. The highest BCUT2D eigenvalue weighted by molar-refractivity contribution is 5.91. The maximum absolute atomic E-state index is 11.8. The lowest BCUT2D eigenvalue weighted by Crippen LogP contribution is -2.36. The molecule has 0 aliphatic carbocycles. The van der Waals surface area contributed by atoms with Gasteiger partial charge in [0.25, 0.3) is 0 Å². The SMILES string of the molecule is O=C(Cc1nn[nH]n1)Nc1ccc(N2CCOCC2)cc1. The molecule has 0 bridgehead atoms. The summed E-state index contributed by atoms with van der Waals surface area (Å²) in [6.07, 6.45) is 0.0989. The quantitative estimate of drug-likeness (QED) is 0.835. The molecule has 8 nitrogen and oxygen atoms in total. The highest BCUT2D eigenvalue weighted by Crippen LogP contribution is 2.19. The molecule has 2 N–H and O–H groups in total. The van der Waals surface area contributed by atoms with E-state index in [0.29, 0.717) is 5.82 Å². The predicted molar refractivity (Wildman–Crippen MR) is 76.0 cm³/mol. The zero-order chi connectivity index (χ0) is 14.5. The first-order valence-corrected chi connectivity index (χ1v) is 6.76. The number of hydrogen-bond donors (Lipinski definition) is 2. The number of hydrogen-bond acceptors (Lipinski definition) is 6. The van der Waals surface area contributed by atoms with Gasteiger partial charge in [-0.1, -0.05) is 5.21 Å². The third-order valence-corrected chi connectivity index (χ3v) is 3.24. The van der Waals surface area contributed by atoms with Crippen molar-refractivity contribution in [3.63, 3.8) is 0 Å². The minimum absolute atomic E-state index is 0.0989. The molecule has 21 heavy (non-hydrogen) atoms. The molecule has 0 atom stereocenters. The lowest BCUT2D eigenvalue weighted by molar-refractivity contribution is -0.115. The largest absolute Gasteiger partial charge is 0.378 e. The van der Waals surface area contributed by atoms with Crippen LogP contribution in [0.5, 0.6) is 0 Å². The van der Waals surface area contributed by atoms with Crippen LogP contribution in [0, 0.1) is 0 Å². The van der Waals surface area contributed by atoms with Gasteiger partial charge in [-0.15, -0.1) is 10.2 Å². The van der Waals surface area contributed by atoms with Crippen LogP contribution in [0.4, 0.5) is 11.4 Å². The summed E-state index contributed by atoms with van der Waals surface area (Å²) in [5, 5.41) is 16.0. The molecule has 1 fully saturated rings. The predicted octanol–water partition coefficient (Wildman–Crippen LogP) is 0.217. The molecule has 110 valence electrons. The minimum atomic E-state index is -0.171. The highest BCUT2D eigenvalue weighted by atomic mass is 16.5. The number of amides is 1. The Labute approximate surface area is 121 Å². The molecule has 1 aliphatic rings. The van der Waals surface area contributed by atoms with Crippen LogP contribution in [-0.4, -0.2) is 52.8 Å². The molecule has 8 heteroatoms. The number of carbonyl (C=O) groups is 1. The normalized spacial score (nSPS) is 15.0. The van der Waals surface area contributed by atoms with Crippen molar-refractivity contribution in [2.75, 3.05) is 36.5 Å². The molecule has 0 unspecified atom stereocenters. The Morgan fingerprint density at radius 3 is 2.71 bits per heavy atom. The molecule has 1 saturated heterocycles. The highest BCUT2D eigenvalue weighted by Gasteiger charge is 2.11. The zero-order valence-electron chi connectivity index (χ0n) is 11.5. The van der Waals surface area contributed by atoms with Gasteiger partial charge in [-0.2, -0.15) is 5.21 Å². The van der Waals surface area contributed by atoms with E-state index in [4.69, 9.17) is 4.74 Å². The second kappa shape index (κ2) is 6.31. The lowest BCUT2D eigenvalue weighted by atomic mass is 10.2. The number of morpholine rings is 1. The van der Waals surface area contributed by atoms with Gasteiger partial charge in [0.05, 0.1) is 19.6 Å². The van der Waals surface area contributed by atoms with Crippen LogP contribution in [0.2, 0.25) is 0 Å². The van der Waals surface area contributed by atoms with Crippen molar-refractivity contribution >= 4 is 17.3 Å². The van der Waals surface area contributed by atoms with Crippen molar-refractivity contribution in [3.8, 4) is 0 Å². The first-order chi connectivity index (χ1) is 10.3. The van der Waals surface area contributed by atoms with Gasteiger partial charge < -0.3 is 15.0 Å². The van der Waals surface area contributed by atoms with Crippen LogP contribution in [-0.2, 0) is 16.0 Å². The Balaban J connectivity index is 1.57. The Kier molecular flexibility index (Phi) is 4.06. The second-order valence-corrected chi connectivity index (χ2v) is 4.70. The number of benzene rings is 1. The van der Waals surface area contributed by atoms with Gasteiger partial charge in [0, 0.05) is 24.5 Å². The van der Waals surface area contributed by atoms with Crippen molar-refractivity contribution in [2.24, 2.45) is 0 Å². The maximum Gasteiger partial charge on any atom is 0.232 e. The van der Waals surface area contributed by atoms with Gasteiger partial charge in [-0.05, 0) is 24.3 Å². The summed E-state index contributed by atoms with van der Waals surface area (Å²) < 4.78 is 5.33. The molecule has 2 aromatic rings. The number of aromatic amines is 1. The topological polar surface area (TPSA) is 96.0 Å². The summed E-state index contributed by atoms with van der Waals surface area (Å²) in [6, 6.07) is 7.77. The van der Waals surface area contributed by atoms with Crippen LogP contribution >= 0.6 is 0 Å². The zero-order valence-corrected chi connectivity index (χ0v) is 11.5. The third-order valence-electron chi connectivity index (χ3n) is 3.24. The maximum atomic E-state index is 11.8. The van der Waals surface area contributed by atoms with Gasteiger partial charge in [-0.3, -0.25) is 4.79 Å². The van der Waals surface area contributed by atoms with Crippen molar-refractivity contribution in [1.29, 1.82) is 0 Å². The van der Waals surface area contributed by atoms with E-state index in [1.54, 1.807) is 0 Å². The average molecular weight is 288 g/mol. The summed E-state index contributed by atoms with van der Waals surface area (Å²) in [5.74, 6) is 0.202. The van der Waals surface area contributed by atoms with Crippen LogP contribution < -0.4 is 10.2 Å². The number of H-pyrrole nitrogens is 1. The van der Waals surface area contributed by atoms with E-state index in [2.05, 4.69) is 30.8 Å². The number of rotatable bonds is 4. The molecular formula is C13H16N6O2. The number of nitrogens with one attached hydrogen (secondary N) is 2. The molecule has 0 spiro atoms. The monoisotopic (exact) mass is 288 g/mol. The number of nitrogens with zero attached hydrogens (tertiary/aromatic N) is 4. The second-order valence-electron chi connectivity index (χ2n) is 4.70. The van der Waals surface area contributed by atoms with Crippen LogP contribution in [0.1, 0.15) is 5.82 Å². The van der Waals surface area contributed by atoms with E-state index in [1.165, 1.54) is 0 Å². The fourth-order valence-corrected chi connectivity index (χ4v) is 2.18. The number of tetrazole rings is 1. The Bertz CT molecular complexity index is 577. The Morgan fingerprint density at radius 1 is 1.29 bits per heavy atom. The summed E-state index contributed by atoms with van der Waals surface area (Å²) in [7, 11) is 0. The molecule has 2 heterocycles. The first-order valence-electron chi connectivity index (χ1n) is 6.76. The fourth-order valence-electron chi connectivity index (χ4n) is 2.18. The van der Waals surface area contributed by atoms with Gasteiger partial charge >= 0.3 is 0 Å². The van der Waals surface area contributed by atoms with Crippen molar-refractivity contribution in [3.05, 3.63) is 30.1 Å². The fraction of sp³-hybridized carbons (Fsp3) is 0.385. The molecule has 1 aromatic heterocycles. The number of ether oxygens (including phenoxy) is 1. The smallest absolute Gasteiger partial charge is 0.232 e. The molecule has 1 amide bonds. The molecule has 1 aromatic carbocycles. The van der Waals surface area contributed by atoms with Crippen LogP contribution in [0.25, 0.3) is 0 Å². The van der Waals surface area contributed by atoms with E-state index in [0.717, 1.165) is 37.7 Å². The van der Waals surface area contributed by atoms with E-state index in [-0.39, 0.29) is 12.3 Å². The number of carbonyl (C=O) groups excluding carboxylic acids is 1. The Morgan fingerprint density at radius 2 is 2.05 bits per heavy atom. The molecule has 0 saturated carbocycles. The van der Waals surface area contributed by atoms with Crippen molar-refractivity contribution < 1.29 is 9.53 Å². The number of aromatic nitrogens is 4.